The van der Waals surface area contributed by atoms with Crippen molar-refractivity contribution in [1.29, 1.82) is 0 Å². The van der Waals surface area contributed by atoms with Gasteiger partial charge in [-0.3, -0.25) is 9.36 Å². The molecule has 3 unspecified atom stereocenters. The fourth-order valence-corrected chi connectivity index (χ4v) is 5.02. The molecule has 2 aliphatic heterocycles. The summed E-state index contributed by atoms with van der Waals surface area (Å²) in [5.41, 5.74) is 5.19. The minimum Gasteiger partial charge on any atom is -0.494 e. The van der Waals surface area contributed by atoms with Gasteiger partial charge in [0.25, 0.3) is 0 Å². The van der Waals surface area contributed by atoms with Gasteiger partial charge in [-0.05, 0) is 53.6 Å². The van der Waals surface area contributed by atoms with E-state index in [1.165, 1.54) is 4.57 Å². The smallest absolute Gasteiger partial charge is 0.228 e. The Morgan fingerprint density at radius 3 is 2.00 bits per heavy atom. The SMILES string of the molecule is CC1(C)CC1C(=O)Nc1ccc(Cc2ccc(-n3c(O)c4c(c3O)C3C=CC4O3)cc2)cc1. The lowest BCUT2D eigenvalue weighted by molar-refractivity contribution is -0.118. The highest BCUT2D eigenvalue weighted by Crippen LogP contribution is 2.55. The second kappa shape index (κ2) is 6.99. The van der Waals surface area contributed by atoms with Crippen LogP contribution in [-0.4, -0.2) is 20.7 Å². The lowest BCUT2D eigenvalue weighted by atomic mass is 10.0. The van der Waals surface area contributed by atoms with E-state index < -0.39 is 0 Å². The van der Waals surface area contributed by atoms with Gasteiger partial charge in [-0.2, -0.15) is 0 Å². The van der Waals surface area contributed by atoms with Gasteiger partial charge in [-0.15, -0.1) is 0 Å². The van der Waals surface area contributed by atoms with Crippen molar-refractivity contribution >= 4 is 11.6 Å². The molecule has 6 nitrogen and oxygen atoms in total. The predicted molar refractivity (Wildman–Crippen MR) is 125 cm³/mol. The van der Waals surface area contributed by atoms with Gasteiger partial charge in [0, 0.05) is 11.6 Å². The third-order valence-electron chi connectivity index (χ3n) is 7.17. The van der Waals surface area contributed by atoms with Crippen molar-refractivity contribution in [2.45, 2.75) is 38.9 Å². The number of aromatic nitrogens is 1. The summed E-state index contributed by atoms with van der Waals surface area (Å²) in [5, 5.41) is 24.5. The number of hydrogen-bond donors (Lipinski definition) is 3. The maximum absolute atomic E-state index is 12.3. The van der Waals surface area contributed by atoms with Crippen LogP contribution in [0.5, 0.6) is 11.8 Å². The summed E-state index contributed by atoms with van der Waals surface area (Å²) in [6.07, 6.45) is 4.91. The Morgan fingerprint density at radius 1 is 0.970 bits per heavy atom. The van der Waals surface area contributed by atoms with Crippen LogP contribution in [0.4, 0.5) is 5.69 Å². The molecule has 33 heavy (non-hydrogen) atoms. The van der Waals surface area contributed by atoms with Crippen LogP contribution in [0, 0.1) is 11.3 Å². The van der Waals surface area contributed by atoms with Crippen molar-refractivity contribution < 1.29 is 19.7 Å². The van der Waals surface area contributed by atoms with E-state index in [1.807, 2.05) is 60.7 Å². The van der Waals surface area contributed by atoms with E-state index in [1.54, 1.807) is 0 Å². The molecule has 1 fully saturated rings. The second-order valence-corrected chi connectivity index (χ2v) is 9.95. The van der Waals surface area contributed by atoms with Gasteiger partial charge in [0.1, 0.15) is 12.2 Å². The van der Waals surface area contributed by atoms with E-state index in [4.69, 9.17) is 4.74 Å². The molecule has 3 N–H and O–H groups in total. The Balaban J connectivity index is 1.15. The number of amides is 1. The summed E-state index contributed by atoms with van der Waals surface area (Å²) in [7, 11) is 0. The number of nitrogens with zero attached hydrogens (tertiary/aromatic N) is 1. The highest BCUT2D eigenvalue weighted by atomic mass is 16.5. The quantitative estimate of drug-likeness (QED) is 0.478. The highest BCUT2D eigenvalue weighted by Gasteiger charge is 2.50. The molecule has 1 aliphatic carbocycles. The van der Waals surface area contributed by atoms with E-state index in [0.717, 1.165) is 29.7 Å². The molecule has 3 heterocycles. The summed E-state index contributed by atoms with van der Waals surface area (Å²) in [6.45, 7) is 4.24. The first-order valence-electron chi connectivity index (χ1n) is 11.3. The van der Waals surface area contributed by atoms with E-state index in [0.29, 0.717) is 16.8 Å². The van der Waals surface area contributed by atoms with Crippen molar-refractivity contribution in [3.63, 3.8) is 0 Å². The minimum atomic E-state index is -0.292. The topological polar surface area (TPSA) is 83.7 Å². The lowest BCUT2D eigenvalue weighted by Crippen LogP contribution is -2.16. The van der Waals surface area contributed by atoms with Crippen LogP contribution < -0.4 is 5.32 Å². The normalized spacial score (nSPS) is 23.5. The molecule has 3 aromatic rings. The standard InChI is InChI=1S/C27H26N2O4/c1-27(2)14-19(27)24(30)28-17-7-3-15(4-8-17)13-16-5-9-18(10-6-16)29-25(31)22-20-11-12-21(33-20)23(22)26(29)32/h3-12,19-21,31-32H,13-14H2,1-2H3,(H,28,30). The summed E-state index contributed by atoms with van der Waals surface area (Å²) < 4.78 is 7.18. The third-order valence-corrected chi connectivity index (χ3v) is 7.17. The van der Waals surface area contributed by atoms with Crippen molar-refractivity contribution in [3.05, 3.63) is 82.9 Å². The largest absolute Gasteiger partial charge is 0.494 e. The van der Waals surface area contributed by atoms with Gasteiger partial charge >= 0.3 is 0 Å². The van der Waals surface area contributed by atoms with Crippen LogP contribution in [0.1, 0.15) is 54.7 Å². The van der Waals surface area contributed by atoms with Gasteiger partial charge < -0.3 is 20.3 Å². The van der Waals surface area contributed by atoms with Crippen LogP contribution in [0.2, 0.25) is 0 Å². The molecule has 6 heteroatoms. The number of anilines is 1. The maximum atomic E-state index is 12.3. The molecule has 1 saturated carbocycles. The molecule has 1 aromatic heterocycles. The number of nitrogens with one attached hydrogen (secondary N) is 1. The minimum absolute atomic E-state index is 0.0271. The van der Waals surface area contributed by atoms with Crippen molar-refractivity contribution in [3.8, 4) is 17.4 Å². The van der Waals surface area contributed by atoms with Gasteiger partial charge in [0.15, 0.2) is 0 Å². The number of carbonyl (C=O) groups excluding carboxylic acids is 1. The van der Waals surface area contributed by atoms with Gasteiger partial charge in [0.05, 0.1) is 16.8 Å². The molecule has 0 saturated heterocycles. The number of ether oxygens (including phenoxy) is 1. The molecule has 6 rings (SSSR count). The number of carbonyl (C=O) groups is 1. The summed E-state index contributed by atoms with van der Waals surface area (Å²) in [4.78, 5) is 12.3. The molecule has 3 aliphatic rings. The van der Waals surface area contributed by atoms with Crippen molar-refractivity contribution in [2.75, 3.05) is 5.32 Å². The zero-order valence-electron chi connectivity index (χ0n) is 18.6. The molecule has 1 amide bonds. The Kier molecular flexibility index (Phi) is 4.26. The molecule has 0 radical (unpaired) electrons. The molecule has 2 aromatic carbocycles. The van der Waals surface area contributed by atoms with Crippen LogP contribution in [0.3, 0.4) is 0 Å². The molecular formula is C27H26N2O4. The van der Waals surface area contributed by atoms with Crippen molar-refractivity contribution in [2.24, 2.45) is 11.3 Å². The Hall–Kier alpha value is -3.51. The monoisotopic (exact) mass is 442 g/mol. The molecular weight excluding hydrogens is 416 g/mol. The second-order valence-electron chi connectivity index (χ2n) is 9.95. The van der Waals surface area contributed by atoms with Gasteiger partial charge in [-0.1, -0.05) is 50.3 Å². The van der Waals surface area contributed by atoms with Gasteiger partial charge in [-0.25, -0.2) is 0 Å². The molecule has 3 atom stereocenters. The third kappa shape index (κ3) is 3.25. The van der Waals surface area contributed by atoms with Crippen LogP contribution in [-0.2, 0) is 16.0 Å². The molecule has 0 spiro atoms. The summed E-state index contributed by atoms with van der Waals surface area (Å²) in [5.74, 6) is 0.259. The highest BCUT2D eigenvalue weighted by molar-refractivity contribution is 5.94. The number of benzene rings is 2. The first-order chi connectivity index (χ1) is 15.8. The van der Waals surface area contributed by atoms with E-state index in [9.17, 15) is 15.0 Å². The zero-order valence-corrected chi connectivity index (χ0v) is 18.6. The summed E-state index contributed by atoms with van der Waals surface area (Å²) >= 11 is 0. The fourth-order valence-electron chi connectivity index (χ4n) is 5.02. The molecule has 2 bridgehead atoms. The van der Waals surface area contributed by atoms with Gasteiger partial charge in [0.2, 0.25) is 17.7 Å². The Labute approximate surface area is 192 Å². The Bertz CT molecular complexity index is 1250. The van der Waals surface area contributed by atoms with Crippen LogP contribution >= 0.6 is 0 Å². The molecule has 168 valence electrons. The number of hydrogen-bond acceptors (Lipinski definition) is 4. The Morgan fingerprint density at radius 2 is 1.48 bits per heavy atom. The average Bonchev–Trinajstić information content (AvgIpc) is 3.14. The zero-order chi connectivity index (χ0) is 22.9. The van der Waals surface area contributed by atoms with Crippen LogP contribution in [0.15, 0.2) is 60.7 Å². The maximum Gasteiger partial charge on any atom is 0.228 e. The van der Waals surface area contributed by atoms with E-state index >= 15 is 0 Å². The number of fused-ring (bicyclic) bond motifs is 5. The summed E-state index contributed by atoms with van der Waals surface area (Å²) in [6, 6.07) is 15.7. The van der Waals surface area contributed by atoms with E-state index in [-0.39, 0.29) is 41.2 Å². The first-order valence-corrected chi connectivity index (χ1v) is 11.3. The first kappa shape index (κ1) is 20.1. The number of aromatic hydroxyl groups is 2. The number of rotatable bonds is 5. The van der Waals surface area contributed by atoms with E-state index in [2.05, 4.69) is 19.2 Å². The fraction of sp³-hybridized carbons (Fsp3) is 0.296. The van der Waals surface area contributed by atoms with Crippen molar-refractivity contribution in [1.82, 2.24) is 4.57 Å². The lowest BCUT2D eigenvalue weighted by Gasteiger charge is -2.11. The predicted octanol–water partition coefficient (Wildman–Crippen LogP) is 5.15. The van der Waals surface area contributed by atoms with Crippen LogP contribution in [0.25, 0.3) is 5.69 Å². The average molecular weight is 443 g/mol.